The highest BCUT2D eigenvalue weighted by Gasteiger charge is 2.25. The Morgan fingerprint density at radius 1 is 1.55 bits per heavy atom. The molecule has 1 aliphatic rings. The fraction of sp³-hybridized carbons (Fsp3) is 0.455. The largest absolute Gasteiger partial charge is 0.360 e. The number of hydrogen-bond donors (Lipinski definition) is 3. The monoisotopic (exact) mass is 280 g/mol. The van der Waals surface area contributed by atoms with Crippen molar-refractivity contribution in [2.75, 3.05) is 24.3 Å². The van der Waals surface area contributed by atoms with Crippen molar-refractivity contribution in [3.63, 3.8) is 0 Å². The van der Waals surface area contributed by atoms with Gasteiger partial charge < -0.3 is 15.6 Å². The number of hydrazine groups is 1. The first-order valence-electron chi connectivity index (χ1n) is 6.14. The molecule has 4 N–H and O–H groups in total. The zero-order valence-corrected chi connectivity index (χ0v) is 11.0. The van der Waals surface area contributed by atoms with Gasteiger partial charge in [0, 0.05) is 32.1 Å². The van der Waals surface area contributed by atoms with Gasteiger partial charge in [-0.05, 0) is 12.5 Å². The lowest BCUT2D eigenvalue weighted by Gasteiger charge is -2.30. The number of nitrogen functional groups attached to an aromatic ring is 1. The highest BCUT2D eigenvalue weighted by atomic mass is 16.6. The summed E-state index contributed by atoms with van der Waals surface area (Å²) in [5.74, 6) is 5.81. The second-order valence-corrected chi connectivity index (χ2v) is 4.62. The minimum Gasteiger partial charge on any atom is -0.360 e. The summed E-state index contributed by atoms with van der Waals surface area (Å²) in [7, 11) is 1.70. The molecule has 1 atom stereocenters. The van der Waals surface area contributed by atoms with Crippen molar-refractivity contribution in [3.05, 3.63) is 22.2 Å². The smallest absolute Gasteiger partial charge is 0.311 e. The predicted molar refractivity (Wildman–Crippen MR) is 73.0 cm³/mol. The molecule has 9 nitrogen and oxygen atoms in total. The number of nitrogens with one attached hydrogen (secondary N) is 2. The number of rotatable bonds is 4. The third kappa shape index (κ3) is 2.94. The standard InChI is InChI=1S/C11H16N6O3/c1-16-6-7(2-5-10(16)18)13-11-8(17(19)20)3-4-9(14-11)15-12/h3-4,7H,2,5-6,12H2,1H3,(H2,13,14,15). The normalized spacial score (nSPS) is 18.8. The molecule has 0 spiro atoms. The summed E-state index contributed by atoms with van der Waals surface area (Å²) >= 11 is 0. The van der Waals surface area contributed by atoms with Crippen LogP contribution in [0.5, 0.6) is 0 Å². The van der Waals surface area contributed by atoms with Crippen LogP contribution >= 0.6 is 0 Å². The molecule has 0 radical (unpaired) electrons. The van der Waals surface area contributed by atoms with E-state index in [2.05, 4.69) is 15.7 Å². The molecular formula is C11H16N6O3. The van der Waals surface area contributed by atoms with Crippen molar-refractivity contribution < 1.29 is 9.72 Å². The van der Waals surface area contributed by atoms with Gasteiger partial charge in [0.05, 0.1) is 4.92 Å². The number of nitro groups is 1. The number of hydrogen-bond acceptors (Lipinski definition) is 7. The third-order valence-corrected chi connectivity index (χ3v) is 3.19. The molecule has 108 valence electrons. The Morgan fingerprint density at radius 2 is 2.30 bits per heavy atom. The third-order valence-electron chi connectivity index (χ3n) is 3.19. The van der Waals surface area contributed by atoms with Gasteiger partial charge in [-0.15, -0.1) is 0 Å². The summed E-state index contributed by atoms with van der Waals surface area (Å²) in [4.78, 5) is 27.6. The number of amides is 1. The van der Waals surface area contributed by atoms with Gasteiger partial charge in [-0.1, -0.05) is 0 Å². The lowest BCUT2D eigenvalue weighted by Crippen LogP contribution is -2.43. The lowest BCUT2D eigenvalue weighted by molar-refractivity contribution is -0.384. The molecule has 2 heterocycles. The number of pyridine rings is 1. The number of likely N-dealkylation sites (tertiary alicyclic amines) is 1. The van der Waals surface area contributed by atoms with Crippen LogP contribution in [0, 0.1) is 10.1 Å². The quantitative estimate of drug-likeness (QED) is 0.411. The molecule has 9 heteroatoms. The van der Waals surface area contributed by atoms with Crippen molar-refractivity contribution in [3.8, 4) is 0 Å². The van der Waals surface area contributed by atoms with Crippen LogP contribution in [0.4, 0.5) is 17.3 Å². The molecule has 1 aromatic heterocycles. The summed E-state index contributed by atoms with van der Waals surface area (Å²) < 4.78 is 0. The Hall–Kier alpha value is -2.42. The average molecular weight is 280 g/mol. The number of aromatic nitrogens is 1. The summed E-state index contributed by atoms with van der Waals surface area (Å²) in [5, 5.41) is 14.0. The van der Waals surface area contributed by atoms with Crippen LogP contribution in [-0.4, -0.2) is 40.3 Å². The summed E-state index contributed by atoms with van der Waals surface area (Å²) in [6.07, 6.45) is 1.03. The van der Waals surface area contributed by atoms with Crippen LogP contribution in [0.3, 0.4) is 0 Å². The van der Waals surface area contributed by atoms with Gasteiger partial charge in [0.2, 0.25) is 11.7 Å². The van der Waals surface area contributed by atoms with Crippen LogP contribution < -0.4 is 16.6 Å². The number of piperidine rings is 1. The summed E-state index contributed by atoms with van der Waals surface area (Å²) in [6, 6.07) is 2.69. The molecular weight excluding hydrogens is 264 g/mol. The molecule has 0 saturated carbocycles. The topological polar surface area (TPSA) is 126 Å². The fourth-order valence-corrected chi connectivity index (χ4v) is 2.11. The molecule has 1 aliphatic heterocycles. The number of likely N-dealkylation sites (N-methyl/N-ethyl adjacent to an activating group) is 1. The van der Waals surface area contributed by atoms with E-state index in [-0.39, 0.29) is 23.5 Å². The second-order valence-electron chi connectivity index (χ2n) is 4.62. The van der Waals surface area contributed by atoms with E-state index in [9.17, 15) is 14.9 Å². The van der Waals surface area contributed by atoms with E-state index < -0.39 is 4.92 Å². The van der Waals surface area contributed by atoms with Gasteiger partial charge in [0.25, 0.3) is 0 Å². The van der Waals surface area contributed by atoms with E-state index in [0.29, 0.717) is 25.2 Å². The van der Waals surface area contributed by atoms with Crippen LogP contribution in [-0.2, 0) is 4.79 Å². The SMILES string of the molecule is CN1CC(Nc2nc(NN)ccc2[N+](=O)[O-])CCC1=O. The zero-order valence-electron chi connectivity index (χ0n) is 11.0. The fourth-order valence-electron chi connectivity index (χ4n) is 2.11. The molecule has 0 aliphatic carbocycles. The Bertz CT molecular complexity index is 535. The first-order valence-corrected chi connectivity index (χ1v) is 6.14. The van der Waals surface area contributed by atoms with Crippen molar-refractivity contribution in [2.45, 2.75) is 18.9 Å². The Balaban J connectivity index is 2.19. The van der Waals surface area contributed by atoms with Crippen LogP contribution in [0.25, 0.3) is 0 Å². The van der Waals surface area contributed by atoms with Gasteiger partial charge in [0.1, 0.15) is 5.82 Å². The van der Waals surface area contributed by atoms with Gasteiger partial charge in [-0.25, -0.2) is 10.8 Å². The van der Waals surface area contributed by atoms with Crippen molar-refractivity contribution in [2.24, 2.45) is 5.84 Å². The van der Waals surface area contributed by atoms with Gasteiger partial charge in [0.15, 0.2) is 0 Å². The van der Waals surface area contributed by atoms with E-state index >= 15 is 0 Å². The molecule has 2 rings (SSSR count). The number of carbonyl (C=O) groups is 1. The Labute approximate surface area is 115 Å². The highest BCUT2D eigenvalue weighted by Crippen LogP contribution is 2.25. The molecule has 0 bridgehead atoms. The number of nitrogens with zero attached hydrogens (tertiary/aromatic N) is 3. The van der Waals surface area contributed by atoms with Crippen molar-refractivity contribution in [1.82, 2.24) is 9.88 Å². The molecule has 0 aromatic carbocycles. The molecule has 1 unspecified atom stereocenters. The molecule has 1 aromatic rings. The van der Waals surface area contributed by atoms with Crippen LogP contribution in [0.1, 0.15) is 12.8 Å². The van der Waals surface area contributed by atoms with Gasteiger partial charge in [-0.2, -0.15) is 0 Å². The maximum atomic E-state index is 11.4. The van der Waals surface area contributed by atoms with E-state index in [4.69, 9.17) is 5.84 Å². The maximum Gasteiger partial charge on any atom is 0.311 e. The molecule has 1 amide bonds. The van der Waals surface area contributed by atoms with Crippen LogP contribution in [0.2, 0.25) is 0 Å². The summed E-state index contributed by atoms with van der Waals surface area (Å²) in [5.41, 5.74) is 2.23. The average Bonchev–Trinajstić information content (AvgIpc) is 2.42. The first kappa shape index (κ1) is 14.0. The van der Waals surface area contributed by atoms with E-state index in [1.807, 2.05) is 0 Å². The zero-order chi connectivity index (χ0) is 14.7. The van der Waals surface area contributed by atoms with E-state index in [1.54, 1.807) is 11.9 Å². The maximum absolute atomic E-state index is 11.4. The van der Waals surface area contributed by atoms with Crippen molar-refractivity contribution >= 4 is 23.2 Å². The van der Waals surface area contributed by atoms with Gasteiger partial charge >= 0.3 is 5.69 Å². The lowest BCUT2D eigenvalue weighted by atomic mass is 10.1. The Kier molecular flexibility index (Phi) is 3.99. The Morgan fingerprint density at radius 3 is 2.90 bits per heavy atom. The van der Waals surface area contributed by atoms with E-state index in [0.717, 1.165) is 0 Å². The summed E-state index contributed by atoms with van der Waals surface area (Å²) in [6.45, 7) is 0.484. The second kappa shape index (κ2) is 5.70. The number of nitrogens with two attached hydrogens (primary N) is 1. The predicted octanol–water partition coefficient (Wildman–Crippen LogP) is 0.308. The van der Waals surface area contributed by atoms with Crippen LogP contribution in [0.15, 0.2) is 12.1 Å². The first-order chi connectivity index (χ1) is 9.51. The number of anilines is 2. The highest BCUT2D eigenvalue weighted by molar-refractivity contribution is 5.77. The molecule has 1 saturated heterocycles. The van der Waals surface area contributed by atoms with Crippen molar-refractivity contribution in [1.29, 1.82) is 0 Å². The minimum atomic E-state index is -0.507. The van der Waals surface area contributed by atoms with Gasteiger partial charge in [-0.3, -0.25) is 14.9 Å². The molecule has 1 fully saturated rings. The number of carbonyl (C=O) groups excluding carboxylic acids is 1. The molecule has 20 heavy (non-hydrogen) atoms. The minimum absolute atomic E-state index is 0.0721. The van der Waals surface area contributed by atoms with E-state index in [1.165, 1.54) is 12.1 Å².